The topological polar surface area (TPSA) is 46.2 Å². The van der Waals surface area contributed by atoms with Crippen LogP contribution in [-0.2, 0) is 9.84 Å². The van der Waals surface area contributed by atoms with E-state index in [1.807, 2.05) is 0 Å². The molecule has 0 aromatic heterocycles. The van der Waals surface area contributed by atoms with E-state index in [1.54, 1.807) is 0 Å². The zero-order valence-corrected chi connectivity index (χ0v) is 13.4. The number of nitrogens with one attached hydrogen (secondary N) is 1. The lowest BCUT2D eigenvalue weighted by Crippen LogP contribution is -2.50. The van der Waals surface area contributed by atoms with Gasteiger partial charge in [-0.15, -0.1) is 0 Å². The molecule has 112 valence electrons. The molecule has 2 rings (SSSR count). The Hall–Kier alpha value is -0.0900. The first-order chi connectivity index (χ1) is 8.89. The van der Waals surface area contributed by atoms with Crippen LogP contribution in [0.3, 0.4) is 0 Å². The second-order valence-corrected chi connectivity index (χ2v) is 9.14. The molecular formula is C15H29NO2S. The van der Waals surface area contributed by atoms with Gasteiger partial charge < -0.3 is 5.32 Å². The predicted octanol–water partition coefficient (Wildman–Crippen LogP) is 2.76. The molecule has 4 unspecified atom stereocenters. The van der Waals surface area contributed by atoms with E-state index >= 15 is 0 Å². The Labute approximate surface area is 118 Å². The SMILES string of the molecule is CC(C)C1CCCCC1NC1CCCC1S(C)(=O)=O. The number of sulfone groups is 1. The molecule has 0 aromatic carbocycles. The predicted molar refractivity (Wildman–Crippen MR) is 80.0 cm³/mol. The van der Waals surface area contributed by atoms with Crippen molar-refractivity contribution in [3.8, 4) is 0 Å². The Balaban J connectivity index is 2.02. The molecule has 2 fully saturated rings. The van der Waals surface area contributed by atoms with Crippen molar-refractivity contribution in [1.29, 1.82) is 0 Å². The quantitative estimate of drug-likeness (QED) is 0.865. The smallest absolute Gasteiger partial charge is 0.151 e. The van der Waals surface area contributed by atoms with Crippen molar-refractivity contribution in [2.75, 3.05) is 6.26 Å². The Morgan fingerprint density at radius 3 is 2.21 bits per heavy atom. The molecule has 0 spiro atoms. The van der Waals surface area contributed by atoms with Gasteiger partial charge in [0.1, 0.15) is 0 Å². The molecule has 1 N–H and O–H groups in total. The van der Waals surface area contributed by atoms with Crippen LogP contribution in [0.25, 0.3) is 0 Å². The van der Waals surface area contributed by atoms with Gasteiger partial charge in [-0.1, -0.05) is 33.1 Å². The first-order valence-corrected chi connectivity index (χ1v) is 9.80. The monoisotopic (exact) mass is 287 g/mol. The fraction of sp³-hybridized carbons (Fsp3) is 1.00. The summed E-state index contributed by atoms with van der Waals surface area (Å²) in [4.78, 5) is 0. The zero-order valence-electron chi connectivity index (χ0n) is 12.6. The highest BCUT2D eigenvalue weighted by molar-refractivity contribution is 7.91. The number of hydrogen-bond acceptors (Lipinski definition) is 3. The molecule has 0 heterocycles. The van der Waals surface area contributed by atoms with Crippen LogP contribution in [0.4, 0.5) is 0 Å². The summed E-state index contributed by atoms with van der Waals surface area (Å²) >= 11 is 0. The zero-order chi connectivity index (χ0) is 14.0. The van der Waals surface area contributed by atoms with E-state index in [1.165, 1.54) is 31.9 Å². The van der Waals surface area contributed by atoms with Crippen molar-refractivity contribution in [3.05, 3.63) is 0 Å². The summed E-state index contributed by atoms with van der Waals surface area (Å²) in [6.07, 6.45) is 9.46. The van der Waals surface area contributed by atoms with Crippen LogP contribution in [0, 0.1) is 11.8 Å². The fourth-order valence-corrected chi connectivity index (χ4v) is 5.47. The molecule has 2 aliphatic rings. The normalized spacial score (nSPS) is 36.8. The van der Waals surface area contributed by atoms with E-state index in [-0.39, 0.29) is 11.3 Å². The molecule has 19 heavy (non-hydrogen) atoms. The molecule has 3 nitrogen and oxygen atoms in total. The van der Waals surface area contributed by atoms with E-state index < -0.39 is 9.84 Å². The van der Waals surface area contributed by atoms with Crippen LogP contribution in [0.2, 0.25) is 0 Å². The van der Waals surface area contributed by atoms with Crippen LogP contribution >= 0.6 is 0 Å². The third-order valence-electron chi connectivity index (χ3n) is 5.11. The summed E-state index contributed by atoms with van der Waals surface area (Å²) < 4.78 is 23.7. The summed E-state index contributed by atoms with van der Waals surface area (Å²) in [6, 6.07) is 0.723. The molecule has 0 saturated heterocycles. The standard InChI is InChI=1S/C15H29NO2S/c1-11(2)12-7-4-5-8-13(12)16-14-9-6-10-15(14)19(3,17)18/h11-16H,4-10H2,1-3H3. The van der Waals surface area contributed by atoms with E-state index in [9.17, 15) is 8.42 Å². The highest BCUT2D eigenvalue weighted by Gasteiger charge is 2.38. The van der Waals surface area contributed by atoms with Gasteiger partial charge in [0.15, 0.2) is 9.84 Å². The highest BCUT2D eigenvalue weighted by Crippen LogP contribution is 2.33. The molecule has 0 aliphatic heterocycles. The van der Waals surface area contributed by atoms with E-state index in [4.69, 9.17) is 0 Å². The molecule has 2 aliphatic carbocycles. The van der Waals surface area contributed by atoms with Crippen LogP contribution in [0.1, 0.15) is 58.8 Å². The van der Waals surface area contributed by atoms with Gasteiger partial charge in [-0.3, -0.25) is 0 Å². The Kier molecular flexibility index (Phi) is 4.93. The molecule has 0 radical (unpaired) electrons. The fourth-order valence-electron chi connectivity index (χ4n) is 4.07. The summed E-state index contributed by atoms with van der Waals surface area (Å²) in [7, 11) is -2.90. The minimum Gasteiger partial charge on any atom is -0.310 e. The first-order valence-electron chi connectivity index (χ1n) is 7.84. The van der Waals surface area contributed by atoms with Crippen molar-refractivity contribution in [2.24, 2.45) is 11.8 Å². The van der Waals surface area contributed by atoms with Crippen LogP contribution < -0.4 is 5.32 Å². The average molecular weight is 287 g/mol. The maximum absolute atomic E-state index is 11.9. The Morgan fingerprint density at radius 1 is 0.947 bits per heavy atom. The van der Waals surface area contributed by atoms with Gasteiger partial charge in [0.05, 0.1) is 5.25 Å². The van der Waals surface area contributed by atoms with Gasteiger partial charge in [-0.05, 0) is 37.5 Å². The third kappa shape index (κ3) is 3.72. The minimum absolute atomic E-state index is 0.151. The maximum atomic E-state index is 11.9. The summed E-state index contributed by atoms with van der Waals surface area (Å²) in [5.74, 6) is 1.41. The van der Waals surface area contributed by atoms with Crippen LogP contribution in [-0.4, -0.2) is 32.0 Å². The molecule has 0 aromatic rings. The van der Waals surface area contributed by atoms with Gasteiger partial charge in [0.25, 0.3) is 0 Å². The van der Waals surface area contributed by atoms with E-state index in [0.29, 0.717) is 12.0 Å². The van der Waals surface area contributed by atoms with Crippen LogP contribution in [0.15, 0.2) is 0 Å². The molecule has 4 atom stereocenters. The molecule has 0 bridgehead atoms. The lowest BCUT2D eigenvalue weighted by Gasteiger charge is -2.37. The van der Waals surface area contributed by atoms with Gasteiger partial charge in [-0.25, -0.2) is 8.42 Å². The van der Waals surface area contributed by atoms with Gasteiger partial charge in [0.2, 0.25) is 0 Å². The van der Waals surface area contributed by atoms with E-state index in [2.05, 4.69) is 19.2 Å². The van der Waals surface area contributed by atoms with Crippen molar-refractivity contribution in [2.45, 2.75) is 76.1 Å². The summed E-state index contributed by atoms with van der Waals surface area (Å²) in [5, 5.41) is 3.58. The molecule has 0 amide bonds. The van der Waals surface area contributed by atoms with Crippen molar-refractivity contribution >= 4 is 9.84 Å². The van der Waals surface area contributed by atoms with Gasteiger partial charge >= 0.3 is 0 Å². The highest BCUT2D eigenvalue weighted by atomic mass is 32.2. The lowest BCUT2D eigenvalue weighted by molar-refractivity contribution is 0.192. The lowest BCUT2D eigenvalue weighted by atomic mass is 9.77. The maximum Gasteiger partial charge on any atom is 0.151 e. The van der Waals surface area contributed by atoms with Gasteiger partial charge in [0, 0.05) is 18.3 Å². The summed E-state index contributed by atoms with van der Waals surface area (Å²) in [5.41, 5.74) is 0. The Morgan fingerprint density at radius 2 is 1.58 bits per heavy atom. The summed E-state index contributed by atoms with van der Waals surface area (Å²) in [6.45, 7) is 4.60. The third-order valence-corrected chi connectivity index (χ3v) is 6.77. The van der Waals surface area contributed by atoms with Crippen LogP contribution in [0.5, 0.6) is 0 Å². The van der Waals surface area contributed by atoms with E-state index in [0.717, 1.165) is 25.2 Å². The average Bonchev–Trinajstić information content (AvgIpc) is 2.77. The first kappa shape index (κ1) is 15.3. The molecule has 4 heteroatoms. The van der Waals surface area contributed by atoms with Crippen molar-refractivity contribution < 1.29 is 8.42 Å². The van der Waals surface area contributed by atoms with Gasteiger partial charge in [-0.2, -0.15) is 0 Å². The molecule has 2 saturated carbocycles. The molecular weight excluding hydrogens is 258 g/mol. The second-order valence-electron chi connectivity index (χ2n) is 6.87. The minimum atomic E-state index is -2.90. The largest absolute Gasteiger partial charge is 0.310 e. The second kappa shape index (κ2) is 6.13. The Bertz CT molecular complexity index is 391. The number of rotatable bonds is 4. The number of hydrogen-bond donors (Lipinski definition) is 1. The van der Waals surface area contributed by atoms with Crippen molar-refractivity contribution in [3.63, 3.8) is 0 Å². The van der Waals surface area contributed by atoms with Crippen molar-refractivity contribution in [1.82, 2.24) is 5.32 Å².